The minimum Gasteiger partial charge on any atom is -0.396 e. The van der Waals surface area contributed by atoms with E-state index in [0.29, 0.717) is 26.4 Å². The summed E-state index contributed by atoms with van der Waals surface area (Å²) in [5.41, 5.74) is -2.29. The molecule has 0 aliphatic heterocycles. The van der Waals surface area contributed by atoms with Gasteiger partial charge in [-0.2, -0.15) is 0 Å². The molecule has 0 amide bonds. The van der Waals surface area contributed by atoms with Gasteiger partial charge in [0.05, 0.1) is 19.8 Å². The molecule has 0 bridgehead atoms. The van der Waals surface area contributed by atoms with Crippen LogP contribution in [0.5, 0.6) is 0 Å². The molecule has 23 heavy (non-hydrogen) atoms. The molecule has 0 saturated heterocycles. The zero-order valence-electron chi connectivity index (χ0n) is 13.2. The molecule has 1 N–H and O–H groups in total. The first-order chi connectivity index (χ1) is 10.9. The zero-order valence-corrected chi connectivity index (χ0v) is 21.6. The summed E-state index contributed by atoms with van der Waals surface area (Å²) < 4.78 is 15.3. The summed E-state index contributed by atoms with van der Waals surface area (Å²) >= 11 is 18.3. The fraction of sp³-hybridized carbons (Fsp3) is 1.00. The Morgan fingerprint density at radius 2 is 1.74 bits per heavy atom. The Bertz CT molecular complexity index is 433. The minimum absolute atomic E-state index is 0.319. The van der Waals surface area contributed by atoms with Gasteiger partial charge in [-0.1, -0.05) is 26.1 Å². The Balaban J connectivity index is -0.000000307. The SMILES string of the molecule is CCCO.CCCOP(=S)(S)OCCOC.S=PP=S=S=S=S. The van der Waals surface area contributed by atoms with Gasteiger partial charge >= 0.3 is 0 Å². The Morgan fingerprint density at radius 3 is 2.13 bits per heavy atom. The van der Waals surface area contributed by atoms with Crippen molar-refractivity contribution in [2.24, 2.45) is 0 Å². The lowest BCUT2D eigenvalue weighted by molar-refractivity contribution is 0.143. The molecule has 0 aromatic carbocycles. The van der Waals surface area contributed by atoms with Crippen LogP contribution in [0.15, 0.2) is 0 Å². The highest BCUT2D eigenvalue weighted by molar-refractivity contribution is 8.63. The van der Waals surface area contributed by atoms with Crippen LogP contribution in [0.2, 0.25) is 0 Å². The van der Waals surface area contributed by atoms with Gasteiger partial charge in [-0.3, -0.25) is 0 Å². The fourth-order valence-electron chi connectivity index (χ4n) is 0.520. The Morgan fingerprint density at radius 1 is 1.17 bits per heavy atom. The molecule has 4 nitrogen and oxygen atoms in total. The molecule has 0 fully saturated rings. The van der Waals surface area contributed by atoms with Crippen LogP contribution in [-0.2, 0) is 75.8 Å². The van der Waals surface area contributed by atoms with Crippen LogP contribution in [-0.4, -0.2) is 38.6 Å². The summed E-state index contributed by atoms with van der Waals surface area (Å²) in [6.07, 6.45) is 1.80. The molecule has 0 rings (SSSR count). The molecule has 140 valence electrons. The maximum Gasteiger partial charge on any atom is 0.244 e. The summed E-state index contributed by atoms with van der Waals surface area (Å²) in [6.45, 7) is 5.83. The van der Waals surface area contributed by atoms with Crippen molar-refractivity contribution < 1.29 is 18.9 Å². The normalized spacial score (nSPS) is 12.2. The predicted octanol–water partition coefficient (Wildman–Crippen LogP) is 4.33. The monoisotopic (exact) mass is 512 g/mol. The Kier molecular flexibility index (Phi) is 35.2. The molecule has 0 heterocycles. The smallest absolute Gasteiger partial charge is 0.244 e. The molecule has 0 aliphatic rings. The van der Waals surface area contributed by atoms with Gasteiger partial charge in [0, 0.05) is 27.8 Å². The van der Waals surface area contributed by atoms with E-state index in [1.807, 2.05) is 13.8 Å². The molecule has 14 heteroatoms. The molecular weight excluding hydrogens is 489 g/mol. The Hall–Kier alpha value is 2.54. The lowest BCUT2D eigenvalue weighted by atomic mass is 10.5. The summed E-state index contributed by atoms with van der Waals surface area (Å²) in [7, 11) is 8.43. The lowest BCUT2D eigenvalue weighted by Gasteiger charge is -2.15. The van der Waals surface area contributed by atoms with Crippen LogP contribution in [0.3, 0.4) is 0 Å². The van der Waals surface area contributed by atoms with Crippen molar-refractivity contribution in [3.8, 4) is 0 Å². The summed E-state index contributed by atoms with van der Waals surface area (Å²) in [4.78, 5) is 0. The first kappa shape index (κ1) is 30.3. The van der Waals surface area contributed by atoms with E-state index in [-0.39, 0.29) is 0 Å². The van der Waals surface area contributed by atoms with Crippen molar-refractivity contribution in [3.05, 3.63) is 0 Å². The van der Waals surface area contributed by atoms with Gasteiger partial charge in [-0.25, -0.2) is 0 Å². The van der Waals surface area contributed by atoms with Gasteiger partial charge in [-0.05, 0) is 74.9 Å². The average molecular weight is 513 g/mol. The van der Waals surface area contributed by atoms with E-state index in [9.17, 15) is 0 Å². The van der Waals surface area contributed by atoms with Gasteiger partial charge in [0.15, 0.2) is 0 Å². The maximum absolute atomic E-state index is 7.88. The highest BCUT2D eigenvalue weighted by Crippen LogP contribution is 2.53. The third kappa shape index (κ3) is 36.3. The predicted molar refractivity (Wildman–Crippen MR) is 125 cm³/mol. The number of hydrogen-bond acceptors (Lipinski definition) is 7. The van der Waals surface area contributed by atoms with E-state index in [1.165, 1.54) is 15.9 Å². The topological polar surface area (TPSA) is 47.9 Å². The quantitative estimate of drug-likeness (QED) is 0.271. The van der Waals surface area contributed by atoms with Crippen LogP contribution in [0.4, 0.5) is 0 Å². The van der Waals surface area contributed by atoms with E-state index in [1.54, 1.807) is 25.5 Å². The number of thiol groups is 1. The maximum atomic E-state index is 7.88. The second kappa shape index (κ2) is 26.8. The van der Waals surface area contributed by atoms with Crippen molar-refractivity contribution in [2.75, 3.05) is 33.5 Å². The summed E-state index contributed by atoms with van der Waals surface area (Å²) in [5.74, 6) is 0. The second-order valence-corrected chi connectivity index (χ2v) is 18.2. The molecule has 0 aromatic rings. The van der Waals surface area contributed by atoms with Crippen molar-refractivity contribution >= 4 is 94.1 Å². The van der Waals surface area contributed by atoms with Crippen molar-refractivity contribution in [3.63, 3.8) is 0 Å². The molecule has 0 spiro atoms. The third-order valence-corrected chi connectivity index (χ3v) is 13.7. The second-order valence-electron chi connectivity index (χ2n) is 3.23. The summed E-state index contributed by atoms with van der Waals surface area (Å²) in [5, 5.41) is 7.88. The Labute approximate surface area is 172 Å². The minimum atomic E-state index is -2.29. The number of aliphatic hydroxyl groups excluding tert-OH is 1. The zero-order chi connectivity index (χ0) is 18.4. The summed E-state index contributed by atoms with van der Waals surface area (Å²) in [6, 6.07) is 0. The van der Waals surface area contributed by atoms with Gasteiger partial charge in [0.1, 0.15) is 0 Å². The van der Waals surface area contributed by atoms with E-state index in [4.69, 9.17) is 30.7 Å². The first-order valence-corrected chi connectivity index (χ1v) is 18.6. The number of ether oxygens (including phenoxy) is 1. The van der Waals surface area contributed by atoms with Gasteiger partial charge in [-0.15, -0.1) is 0 Å². The first-order valence-electron chi connectivity index (χ1n) is 6.32. The molecule has 0 aliphatic carbocycles. The van der Waals surface area contributed by atoms with Crippen molar-refractivity contribution in [1.82, 2.24) is 0 Å². The van der Waals surface area contributed by atoms with Crippen molar-refractivity contribution in [2.45, 2.75) is 26.7 Å². The molecule has 0 aromatic heterocycles. The fourth-order valence-corrected chi connectivity index (χ4v) is 11.8. The van der Waals surface area contributed by atoms with Crippen LogP contribution < -0.4 is 0 Å². The van der Waals surface area contributed by atoms with E-state index in [0.717, 1.165) is 19.9 Å². The van der Waals surface area contributed by atoms with E-state index < -0.39 is 5.69 Å². The molecule has 0 saturated carbocycles. The van der Waals surface area contributed by atoms with Gasteiger partial charge in [0.25, 0.3) is 0 Å². The lowest BCUT2D eigenvalue weighted by Crippen LogP contribution is -2.00. The average Bonchev–Trinajstić information content (AvgIpc) is 2.54. The van der Waals surface area contributed by atoms with E-state index in [2.05, 4.69) is 35.2 Å². The number of hydrogen-bond donors (Lipinski definition) is 2. The van der Waals surface area contributed by atoms with Crippen molar-refractivity contribution in [1.29, 1.82) is 0 Å². The highest BCUT2D eigenvalue weighted by atomic mass is 33.3. The van der Waals surface area contributed by atoms with Gasteiger partial charge in [0.2, 0.25) is 5.69 Å². The van der Waals surface area contributed by atoms with Crippen LogP contribution in [0.1, 0.15) is 26.7 Å². The number of rotatable bonds is 9. The van der Waals surface area contributed by atoms with E-state index >= 15 is 0 Å². The molecule has 1 atom stereocenters. The molecule has 0 radical (unpaired) electrons. The van der Waals surface area contributed by atoms with Gasteiger partial charge < -0.3 is 18.9 Å². The number of methoxy groups -OCH3 is 1. The highest BCUT2D eigenvalue weighted by Gasteiger charge is 2.11. The van der Waals surface area contributed by atoms with Crippen LogP contribution >= 0.6 is 32.0 Å². The number of aliphatic hydroxyl groups is 1. The molecule has 1 unspecified atom stereocenters. The van der Waals surface area contributed by atoms with Crippen LogP contribution in [0.25, 0.3) is 0 Å². The standard InChI is InChI=1S/C6H15O3PS2.C3H8O.P2S5/c1-3-4-8-10(11,12)9-6-5-7-2;1-2-3-4;3-1-2-5-7-6-4/h3-6H2,1-2H3,(H,11,12);4H,2-3H2,1H3;. The third-order valence-electron chi connectivity index (χ3n) is 1.35. The largest absolute Gasteiger partial charge is 0.396 e. The molecular formula is C9H23O4P3S7. The van der Waals surface area contributed by atoms with Crippen LogP contribution in [0, 0.1) is 0 Å².